The number of hydrogen-bond donors (Lipinski definition) is 2. The topological polar surface area (TPSA) is 101 Å². The molecule has 0 fully saturated rings. The van der Waals surface area contributed by atoms with E-state index < -0.39 is 39.8 Å². The van der Waals surface area contributed by atoms with Crippen molar-refractivity contribution < 1.29 is 31.5 Å². The van der Waals surface area contributed by atoms with Crippen molar-refractivity contribution >= 4 is 15.7 Å². The first-order chi connectivity index (χ1) is 13.4. The molecule has 0 bridgehead atoms. The van der Waals surface area contributed by atoms with Crippen LogP contribution in [-0.2, 0) is 33.0 Å². The van der Waals surface area contributed by atoms with Crippen LogP contribution in [0, 0.1) is 0 Å². The van der Waals surface area contributed by atoms with E-state index in [0.29, 0.717) is 5.56 Å². The van der Waals surface area contributed by atoms with E-state index in [4.69, 9.17) is 0 Å². The molecule has 1 heterocycles. The van der Waals surface area contributed by atoms with Gasteiger partial charge in [-0.2, -0.15) is 13.2 Å². The van der Waals surface area contributed by atoms with Gasteiger partial charge in [-0.05, 0) is 12.0 Å². The Kier molecular flexibility index (Phi) is 7.06. The summed E-state index contributed by atoms with van der Waals surface area (Å²) in [5.41, 5.74) is -2.82. The third kappa shape index (κ3) is 6.04. The zero-order valence-electron chi connectivity index (χ0n) is 15.7. The van der Waals surface area contributed by atoms with Crippen LogP contribution in [-0.4, -0.2) is 47.5 Å². The normalized spacial score (nSPS) is 14.4. The van der Waals surface area contributed by atoms with Crippen molar-refractivity contribution in [1.29, 1.82) is 0 Å². The van der Waals surface area contributed by atoms with Crippen molar-refractivity contribution in [2.24, 2.45) is 7.05 Å². The molecule has 1 amide bonds. The van der Waals surface area contributed by atoms with Crippen LogP contribution in [0.5, 0.6) is 0 Å². The minimum Gasteiger partial charge on any atom is -0.374 e. The maximum atomic E-state index is 13.4. The molecule has 0 aliphatic carbocycles. The number of hydrogen-bond acceptors (Lipinski definition) is 5. The molecule has 0 aliphatic heterocycles. The number of carbonyl (C=O) groups is 1. The molecule has 29 heavy (non-hydrogen) atoms. The Morgan fingerprint density at radius 3 is 2.45 bits per heavy atom. The number of nitrogens with one attached hydrogen (secondary N) is 1. The molecule has 2 N–H and O–H groups in total. The standard InChI is InChI=1S/C18H22F3N3O4S/c1-24-10-9-23-16(24)17(26,18(19,20)21)12-15(25)22-8-5-11-29(27,28)13-14-6-3-2-4-7-14/h2-4,6-7,9-10,26H,5,8,11-13H2,1H3,(H,22,25). The van der Waals surface area contributed by atoms with E-state index in [-0.39, 0.29) is 24.5 Å². The highest BCUT2D eigenvalue weighted by Crippen LogP contribution is 2.40. The second-order valence-electron chi connectivity index (χ2n) is 6.68. The summed E-state index contributed by atoms with van der Waals surface area (Å²) in [5.74, 6) is -2.15. The molecule has 0 saturated heterocycles. The van der Waals surface area contributed by atoms with Gasteiger partial charge in [0.15, 0.2) is 15.7 Å². The predicted molar refractivity (Wildman–Crippen MR) is 99.3 cm³/mol. The van der Waals surface area contributed by atoms with Crippen LogP contribution in [0.3, 0.4) is 0 Å². The van der Waals surface area contributed by atoms with Crippen LogP contribution < -0.4 is 5.32 Å². The molecule has 0 saturated carbocycles. The summed E-state index contributed by atoms with van der Waals surface area (Å²) in [5, 5.41) is 12.4. The molecule has 1 aromatic carbocycles. The van der Waals surface area contributed by atoms with Crippen molar-refractivity contribution in [1.82, 2.24) is 14.9 Å². The van der Waals surface area contributed by atoms with E-state index in [1.807, 2.05) is 0 Å². The van der Waals surface area contributed by atoms with Gasteiger partial charge < -0.3 is 15.0 Å². The largest absolute Gasteiger partial charge is 0.425 e. The van der Waals surface area contributed by atoms with Gasteiger partial charge >= 0.3 is 6.18 Å². The molecule has 7 nitrogen and oxygen atoms in total. The maximum absolute atomic E-state index is 13.4. The fourth-order valence-corrected chi connectivity index (χ4v) is 4.21. The van der Waals surface area contributed by atoms with Crippen molar-refractivity contribution in [3.8, 4) is 0 Å². The Bertz CT molecular complexity index is 929. The number of imidazole rings is 1. The van der Waals surface area contributed by atoms with Gasteiger partial charge in [0.2, 0.25) is 11.5 Å². The minimum atomic E-state index is -5.12. The van der Waals surface area contributed by atoms with Crippen LogP contribution in [0.15, 0.2) is 42.7 Å². The summed E-state index contributed by atoms with van der Waals surface area (Å²) >= 11 is 0. The number of amides is 1. The van der Waals surface area contributed by atoms with E-state index >= 15 is 0 Å². The molecular formula is C18H22F3N3O4S. The predicted octanol–water partition coefficient (Wildman–Crippen LogP) is 1.68. The van der Waals surface area contributed by atoms with Crippen molar-refractivity contribution in [3.63, 3.8) is 0 Å². The van der Waals surface area contributed by atoms with E-state index in [0.717, 1.165) is 10.8 Å². The van der Waals surface area contributed by atoms with Gasteiger partial charge in [-0.15, -0.1) is 0 Å². The highest BCUT2D eigenvalue weighted by Gasteiger charge is 2.58. The second-order valence-corrected chi connectivity index (χ2v) is 8.86. The molecule has 0 radical (unpaired) electrons. The Morgan fingerprint density at radius 2 is 1.90 bits per heavy atom. The number of aryl methyl sites for hydroxylation is 1. The first-order valence-corrected chi connectivity index (χ1v) is 10.5. The number of halogens is 3. The van der Waals surface area contributed by atoms with Crippen molar-refractivity contribution in [2.45, 2.75) is 30.4 Å². The summed E-state index contributed by atoms with van der Waals surface area (Å²) in [6, 6.07) is 8.55. The lowest BCUT2D eigenvalue weighted by atomic mass is 9.97. The molecule has 11 heteroatoms. The molecule has 0 aliphatic rings. The monoisotopic (exact) mass is 433 g/mol. The highest BCUT2D eigenvalue weighted by atomic mass is 32.2. The number of sulfone groups is 1. The smallest absolute Gasteiger partial charge is 0.374 e. The van der Waals surface area contributed by atoms with Gasteiger partial charge in [0, 0.05) is 26.0 Å². The summed E-state index contributed by atoms with van der Waals surface area (Å²) < 4.78 is 65.3. The van der Waals surface area contributed by atoms with Crippen molar-refractivity contribution in [2.75, 3.05) is 12.3 Å². The van der Waals surface area contributed by atoms with Gasteiger partial charge in [-0.3, -0.25) is 4.79 Å². The van der Waals surface area contributed by atoms with Gasteiger partial charge in [0.25, 0.3) is 0 Å². The van der Waals surface area contributed by atoms with E-state index in [1.54, 1.807) is 30.3 Å². The van der Waals surface area contributed by atoms with Crippen molar-refractivity contribution in [3.05, 3.63) is 54.1 Å². The molecule has 1 unspecified atom stereocenters. The first kappa shape index (κ1) is 22.9. The van der Waals surface area contributed by atoms with Crippen LogP contribution >= 0.6 is 0 Å². The van der Waals surface area contributed by atoms with Gasteiger partial charge in [0.05, 0.1) is 17.9 Å². The average molecular weight is 433 g/mol. The maximum Gasteiger partial charge on any atom is 0.425 e. The number of rotatable bonds is 9. The van der Waals surface area contributed by atoms with Crippen LogP contribution in [0.1, 0.15) is 24.2 Å². The number of benzene rings is 1. The second kappa shape index (κ2) is 8.95. The third-order valence-electron chi connectivity index (χ3n) is 4.26. The van der Waals surface area contributed by atoms with Crippen LogP contribution in [0.2, 0.25) is 0 Å². The summed E-state index contributed by atoms with van der Waals surface area (Å²) in [6.45, 7) is -0.138. The summed E-state index contributed by atoms with van der Waals surface area (Å²) in [6.07, 6.45) is -4.06. The minimum absolute atomic E-state index is 0.0355. The number of aliphatic hydroxyl groups is 1. The average Bonchev–Trinajstić information content (AvgIpc) is 3.05. The molecule has 2 aromatic rings. The number of nitrogens with zero attached hydrogens (tertiary/aromatic N) is 2. The zero-order valence-corrected chi connectivity index (χ0v) is 16.5. The first-order valence-electron chi connectivity index (χ1n) is 8.72. The molecule has 2 rings (SSSR count). The van der Waals surface area contributed by atoms with Crippen LogP contribution in [0.4, 0.5) is 13.2 Å². The number of aromatic nitrogens is 2. The van der Waals surface area contributed by atoms with E-state index in [2.05, 4.69) is 10.3 Å². The Hall–Kier alpha value is -2.40. The molecule has 1 aromatic heterocycles. The van der Waals surface area contributed by atoms with Crippen LogP contribution in [0.25, 0.3) is 0 Å². The fraction of sp³-hybridized carbons (Fsp3) is 0.444. The van der Waals surface area contributed by atoms with Gasteiger partial charge in [-0.25, -0.2) is 13.4 Å². The lowest BCUT2D eigenvalue weighted by Gasteiger charge is -2.29. The Morgan fingerprint density at radius 1 is 1.24 bits per heavy atom. The Balaban J connectivity index is 1.89. The molecular weight excluding hydrogens is 411 g/mol. The number of carbonyl (C=O) groups excluding carboxylic acids is 1. The van der Waals surface area contributed by atoms with E-state index in [9.17, 15) is 31.5 Å². The van der Waals surface area contributed by atoms with Gasteiger partial charge in [0.1, 0.15) is 0 Å². The number of alkyl halides is 3. The molecule has 1 atom stereocenters. The Labute approximate surface area is 166 Å². The fourth-order valence-electron chi connectivity index (χ4n) is 2.79. The lowest BCUT2D eigenvalue weighted by molar-refractivity contribution is -0.271. The molecule has 160 valence electrons. The van der Waals surface area contributed by atoms with Gasteiger partial charge in [-0.1, -0.05) is 30.3 Å². The quantitative estimate of drug-likeness (QED) is 0.586. The zero-order chi connectivity index (χ0) is 21.7. The highest BCUT2D eigenvalue weighted by molar-refractivity contribution is 7.90. The van der Waals surface area contributed by atoms with E-state index in [1.165, 1.54) is 13.2 Å². The summed E-state index contributed by atoms with van der Waals surface area (Å²) in [7, 11) is -2.15. The summed E-state index contributed by atoms with van der Waals surface area (Å²) in [4.78, 5) is 15.5. The SMILES string of the molecule is Cn1ccnc1C(O)(CC(=O)NCCCS(=O)(=O)Cc1ccccc1)C(F)(F)F. The third-order valence-corrected chi connectivity index (χ3v) is 5.94. The molecule has 0 spiro atoms. The lowest BCUT2D eigenvalue weighted by Crippen LogP contribution is -2.48.